The van der Waals surface area contributed by atoms with E-state index in [4.69, 9.17) is 0 Å². The molecule has 0 saturated carbocycles. The first-order valence-corrected chi connectivity index (χ1v) is 6.93. The van der Waals surface area contributed by atoms with Crippen LogP contribution in [0.3, 0.4) is 0 Å². The smallest absolute Gasteiger partial charge is 0.241 e. The molecule has 0 radical (unpaired) electrons. The zero-order valence-electron chi connectivity index (χ0n) is 10.5. The number of nitrogens with one attached hydrogen (secondary N) is 1. The van der Waals surface area contributed by atoms with E-state index in [2.05, 4.69) is 26.1 Å². The highest BCUT2D eigenvalue weighted by molar-refractivity contribution is 9.10. The molecule has 0 unspecified atom stereocenters. The second-order valence-corrected chi connectivity index (χ2v) is 5.32. The van der Waals surface area contributed by atoms with Crippen LogP contribution in [0.25, 0.3) is 0 Å². The molecular weight excluding hydrogens is 294 g/mol. The van der Waals surface area contributed by atoms with Crippen molar-refractivity contribution in [3.63, 3.8) is 0 Å². The number of rotatable bonds is 4. The monoisotopic (exact) mass is 311 g/mol. The Morgan fingerprint density at radius 1 is 1.39 bits per heavy atom. The number of nitrogens with zero attached hydrogens (tertiary/aromatic N) is 2. The predicted octanol–water partition coefficient (Wildman–Crippen LogP) is 1.32. The van der Waals surface area contributed by atoms with Crippen molar-refractivity contribution in [1.29, 1.82) is 0 Å². The summed E-state index contributed by atoms with van der Waals surface area (Å²) in [4.78, 5) is 16.2. The fourth-order valence-corrected chi connectivity index (χ4v) is 2.49. The van der Waals surface area contributed by atoms with E-state index in [1.54, 1.807) is 0 Å². The second-order valence-electron chi connectivity index (χ2n) is 4.40. The molecular formula is C13H18BrN3O. The summed E-state index contributed by atoms with van der Waals surface area (Å²) in [5.74, 6) is 0.176. The third kappa shape index (κ3) is 3.31. The Kier molecular flexibility index (Phi) is 4.74. The highest BCUT2D eigenvalue weighted by Gasteiger charge is 2.24. The van der Waals surface area contributed by atoms with E-state index in [1.807, 2.05) is 36.2 Å². The van der Waals surface area contributed by atoms with Gasteiger partial charge in [0.15, 0.2) is 0 Å². The molecule has 0 atom stereocenters. The van der Waals surface area contributed by atoms with Gasteiger partial charge in [-0.3, -0.25) is 9.69 Å². The molecule has 0 spiro atoms. The summed E-state index contributed by atoms with van der Waals surface area (Å²) >= 11 is 3.44. The van der Waals surface area contributed by atoms with Gasteiger partial charge in [-0.2, -0.15) is 0 Å². The first-order valence-electron chi connectivity index (χ1n) is 6.13. The van der Waals surface area contributed by atoms with Gasteiger partial charge in [-0.25, -0.2) is 0 Å². The van der Waals surface area contributed by atoms with Crippen LogP contribution in [0.5, 0.6) is 0 Å². The maximum Gasteiger partial charge on any atom is 0.241 e. The number of anilines is 1. The van der Waals surface area contributed by atoms with Gasteiger partial charge < -0.3 is 10.2 Å². The van der Waals surface area contributed by atoms with Crippen molar-refractivity contribution in [1.82, 2.24) is 10.2 Å². The minimum absolute atomic E-state index is 0.176. The highest BCUT2D eigenvalue weighted by Crippen LogP contribution is 2.21. The highest BCUT2D eigenvalue weighted by atomic mass is 79.9. The lowest BCUT2D eigenvalue weighted by molar-refractivity contribution is -0.121. The minimum Gasteiger partial charge on any atom is -0.318 e. The Hall–Kier alpha value is -0.910. The lowest BCUT2D eigenvalue weighted by atomic mass is 10.2. The quantitative estimate of drug-likeness (QED) is 0.911. The Labute approximate surface area is 116 Å². The summed E-state index contributed by atoms with van der Waals surface area (Å²) < 4.78 is 1.01. The fourth-order valence-electron chi connectivity index (χ4n) is 2.10. The third-order valence-corrected chi connectivity index (χ3v) is 3.59. The molecule has 1 aromatic rings. The molecule has 18 heavy (non-hydrogen) atoms. The van der Waals surface area contributed by atoms with Gasteiger partial charge in [0.25, 0.3) is 0 Å². The van der Waals surface area contributed by atoms with Crippen LogP contribution in [0.2, 0.25) is 0 Å². The summed E-state index contributed by atoms with van der Waals surface area (Å²) in [5, 5.41) is 3.11. The molecule has 1 saturated heterocycles. The molecule has 1 aromatic carbocycles. The van der Waals surface area contributed by atoms with E-state index in [0.29, 0.717) is 6.54 Å². The molecule has 98 valence electrons. The molecule has 1 N–H and O–H groups in total. The average Bonchev–Trinajstić information content (AvgIpc) is 2.36. The Morgan fingerprint density at radius 2 is 2.22 bits per heavy atom. The maximum atomic E-state index is 12.1. The first-order chi connectivity index (χ1) is 8.70. The van der Waals surface area contributed by atoms with Crippen molar-refractivity contribution in [3.8, 4) is 0 Å². The number of carbonyl (C=O) groups excluding carboxylic acids is 1. The van der Waals surface area contributed by atoms with Gasteiger partial charge in [0, 0.05) is 36.3 Å². The van der Waals surface area contributed by atoms with Crippen LogP contribution in [-0.2, 0) is 4.79 Å². The van der Waals surface area contributed by atoms with E-state index in [9.17, 15) is 4.79 Å². The summed E-state index contributed by atoms with van der Waals surface area (Å²) in [6.45, 7) is 4.05. The third-order valence-electron chi connectivity index (χ3n) is 3.10. The molecule has 1 heterocycles. The van der Waals surface area contributed by atoms with Crippen LogP contribution in [0.4, 0.5) is 5.69 Å². The van der Waals surface area contributed by atoms with Crippen molar-refractivity contribution in [2.75, 3.05) is 44.7 Å². The van der Waals surface area contributed by atoms with Gasteiger partial charge in [-0.1, -0.05) is 22.0 Å². The molecule has 1 fully saturated rings. The molecule has 1 aliphatic heterocycles. The van der Waals surface area contributed by atoms with Crippen molar-refractivity contribution in [2.45, 2.75) is 0 Å². The van der Waals surface area contributed by atoms with Gasteiger partial charge in [0.2, 0.25) is 5.91 Å². The number of halogens is 1. The maximum absolute atomic E-state index is 12.1. The topological polar surface area (TPSA) is 35.6 Å². The van der Waals surface area contributed by atoms with Crippen LogP contribution in [-0.4, -0.2) is 50.6 Å². The normalized spacial score (nSPS) is 17.2. The molecule has 1 amide bonds. The van der Waals surface area contributed by atoms with E-state index < -0.39 is 0 Å². The Bertz CT molecular complexity index is 424. The van der Waals surface area contributed by atoms with Crippen LogP contribution >= 0.6 is 15.9 Å². The summed E-state index contributed by atoms with van der Waals surface area (Å²) in [7, 11) is 1.93. The number of likely N-dealkylation sites (N-methyl/N-ethyl adjacent to an activating group) is 1. The van der Waals surface area contributed by atoms with Crippen LogP contribution in [0.15, 0.2) is 28.7 Å². The zero-order valence-corrected chi connectivity index (χ0v) is 12.1. The Balaban J connectivity index is 1.99. The average molecular weight is 312 g/mol. The largest absolute Gasteiger partial charge is 0.318 e. The molecule has 0 aromatic heterocycles. The number of amides is 1. The molecule has 0 aliphatic carbocycles. The minimum atomic E-state index is 0.176. The van der Waals surface area contributed by atoms with Gasteiger partial charge >= 0.3 is 0 Å². The van der Waals surface area contributed by atoms with E-state index in [1.165, 1.54) is 0 Å². The SMILES string of the molecule is CNCCN1CCN(c2cccc(Br)c2)C(=O)C1. The lowest BCUT2D eigenvalue weighted by Gasteiger charge is -2.34. The van der Waals surface area contributed by atoms with Crippen molar-refractivity contribution >= 4 is 27.5 Å². The Morgan fingerprint density at radius 3 is 2.89 bits per heavy atom. The van der Waals surface area contributed by atoms with Crippen molar-refractivity contribution < 1.29 is 4.79 Å². The van der Waals surface area contributed by atoms with Crippen LogP contribution in [0, 0.1) is 0 Å². The molecule has 5 heteroatoms. The fraction of sp³-hybridized carbons (Fsp3) is 0.462. The molecule has 1 aliphatic rings. The predicted molar refractivity (Wildman–Crippen MR) is 76.9 cm³/mol. The summed E-state index contributed by atoms with van der Waals surface area (Å²) in [6, 6.07) is 7.89. The van der Waals surface area contributed by atoms with Gasteiger partial charge in [-0.15, -0.1) is 0 Å². The number of benzene rings is 1. The van der Waals surface area contributed by atoms with E-state index >= 15 is 0 Å². The van der Waals surface area contributed by atoms with Crippen molar-refractivity contribution in [2.24, 2.45) is 0 Å². The van der Waals surface area contributed by atoms with Crippen LogP contribution in [0.1, 0.15) is 0 Å². The zero-order chi connectivity index (χ0) is 13.0. The first kappa shape index (κ1) is 13.5. The number of hydrogen-bond acceptors (Lipinski definition) is 3. The molecule has 2 rings (SSSR count). The van der Waals surface area contributed by atoms with Crippen molar-refractivity contribution in [3.05, 3.63) is 28.7 Å². The number of piperazine rings is 1. The van der Waals surface area contributed by atoms with Crippen LogP contribution < -0.4 is 10.2 Å². The number of hydrogen-bond donors (Lipinski definition) is 1. The molecule has 0 bridgehead atoms. The summed E-state index contributed by atoms with van der Waals surface area (Å²) in [5.41, 5.74) is 0.975. The van der Waals surface area contributed by atoms with E-state index in [0.717, 1.165) is 36.3 Å². The van der Waals surface area contributed by atoms with E-state index in [-0.39, 0.29) is 5.91 Å². The standard InChI is InChI=1S/C13H18BrN3O/c1-15-5-6-16-7-8-17(13(18)10-16)12-4-2-3-11(14)9-12/h2-4,9,15H,5-8,10H2,1H3. The second kappa shape index (κ2) is 6.31. The summed E-state index contributed by atoms with van der Waals surface area (Å²) in [6.07, 6.45) is 0. The number of carbonyl (C=O) groups is 1. The lowest BCUT2D eigenvalue weighted by Crippen LogP contribution is -2.51. The van der Waals surface area contributed by atoms with Gasteiger partial charge in [0.1, 0.15) is 0 Å². The molecule has 4 nitrogen and oxygen atoms in total. The van der Waals surface area contributed by atoms with Gasteiger partial charge in [-0.05, 0) is 25.2 Å². The van der Waals surface area contributed by atoms with Gasteiger partial charge in [0.05, 0.1) is 6.54 Å².